The number of hydrogen-bond acceptors (Lipinski definition) is 4. The van der Waals surface area contributed by atoms with Crippen molar-refractivity contribution in [3.8, 4) is 5.75 Å². The Hall–Kier alpha value is -3.54. The Morgan fingerprint density at radius 2 is 1.82 bits per heavy atom. The number of fused-ring (bicyclic) bond motifs is 1. The SMILES string of the molecule is CCCCCN1C(=O)C(=O)/C(=C(/O)c2ccc(OCC(C)C)cc2)C1c1c[nH]c2ccccc12. The van der Waals surface area contributed by atoms with E-state index in [1.807, 2.05) is 30.5 Å². The summed E-state index contributed by atoms with van der Waals surface area (Å²) in [5.74, 6) is -0.289. The molecular weight excluding hydrogens is 428 g/mol. The van der Waals surface area contributed by atoms with E-state index in [1.54, 1.807) is 29.2 Å². The molecule has 1 atom stereocenters. The molecule has 3 aromatic rings. The molecular formula is C28H32N2O4. The zero-order valence-corrected chi connectivity index (χ0v) is 20.0. The number of aromatic nitrogens is 1. The number of benzene rings is 2. The first-order chi connectivity index (χ1) is 16.4. The van der Waals surface area contributed by atoms with E-state index in [0.717, 1.165) is 35.7 Å². The highest BCUT2D eigenvalue weighted by Crippen LogP contribution is 2.42. The number of carbonyl (C=O) groups excluding carboxylic acids is 2. The molecule has 0 radical (unpaired) electrons. The van der Waals surface area contributed by atoms with Crippen molar-refractivity contribution in [2.45, 2.75) is 46.1 Å². The molecule has 1 aromatic heterocycles. The molecule has 6 heteroatoms. The highest BCUT2D eigenvalue weighted by Gasteiger charge is 2.46. The van der Waals surface area contributed by atoms with Crippen molar-refractivity contribution in [1.82, 2.24) is 9.88 Å². The zero-order chi connectivity index (χ0) is 24.2. The maximum Gasteiger partial charge on any atom is 0.295 e. The van der Waals surface area contributed by atoms with Gasteiger partial charge in [0.25, 0.3) is 11.7 Å². The fourth-order valence-corrected chi connectivity index (χ4v) is 4.41. The number of nitrogens with one attached hydrogen (secondary N) is 1. The number of carbonyl (C=O) groups is 2. The summed E-state index contributed by atoms with van der Waals surface area (Å²) >= 11 is 0. The smallest absolute Gasteiger partial charge is 0.295 e. The molecule has 6 nitrogen and oxygen atoms in total. The summed E-state index contributed by atoms with van der Waals surface area (Å²) in [6.07, 6.45) is 4.60. The standard InChI is InChI=1S/C28H32N2O4/c1-4-5-8-15-30-25(22-16-29-23-10-7-6-9-21(22)23)24(27(32)28(30)33)26(31)19-11-13-20(14-12-19)34-17-18(2)3/h6-7,9-14,16,18,25,29,31H,4-5,8,15,17H2,1-3H3/b26-24+. The summed E-state index contributed by atoms with van der Waals surface area (Å²) < 4.78 is 5.73. The minimum absolute atomic E-state index is 0.127. The van der Waals surface area contributed by atoms with E-state index in [-0.39, 0.29) is 11.3 Å². The van der Waals surface area contributed by atoms with Crippen LogP contribution in [0.4, 0.5) is 0 Å². The van der Waals surface area contributed by atoms with Crippen LogP contribution in [0.2, 0.25) is 0 Å². The molecule has 1 aliphatic heterocycles. The van der Waals surface area contributed by atoms with Crippen LogP contribution < -0.4 is 4.74 Å². The van der Waals surface area contributed by atoms with Crippen molar-refractivity contribution in [3.63, 3.8) is 0 Å². The van der Waals surface area contributed by atoms with E-state index < -0.39 is 17.7 Å². The van der Waals surface area contributed by atoms with E-state index in [2.05, 4.69) is 25.8 Å². The fraction of sp³-hybridized carbons (Fsp3) is 0.357. The van der Waals surface area contributed by atoms with Crippen molar-refractivity contribution in [2.24, 2.45) is 5.92 Å². The molecule has 0 bridgehead atoms. The van der Waals surface area contributed by atoms with E-state index in [1.165, 1.54) is 0 Å². The van der Waals surface area contributed by atoms with Gasteiger partial charge < -0.3 is 19.7 Å². The third kappa shape index (κ3) is 4.58. The van der Waals surface area contributed by atoms with Gasteiger partial charge in [0.15, 0.2) is 0 Å². The Morgan fingerprint density at radius 3 is 2.53 bits per heavy atom. The highest BCUT2D eigenvalue weighted by molar-refractivity contribution is 6.46. The van der Waals surface area contributed by atoms with E-state index in [4.69, 9.17) is 4.74 Å². The molecule has 2 aromatic carbocycles. The summed E-state index contributed by atoms with van der Waals surface area (Å²) in [6, 6.07) is 14.1. The zero-order valence-electron chi connectivity index (χ0n) is 20.0. The molecule has 0 aliphatic carbocycles. The average molecular weight is 461 g/mol. The number of ether oxygens (including phenoxy) is 1. The molecule has 2 heterocycles. The van der Waals surface area contributed by atoms with Crippen LogP contribution in [0.5, 0.6) is 5.75 Å². The predicted octanol–water partition coefficient (Wildman–Crippen LogP) is 5.81. The largest absolute Gasteiger partial charge is 0.507 e. The molecule has 1 amide bonds. The Morgan fingerprint density at radius 1 is 1.09 bits per heavy atom. The van der Waals surface area contributed by atoms with Gasteiger partial charge in [-0.1, -0.05) is 51.8 Å². The third-order valence-corrected chi connectivity index (χ3v) is 6.17. The number of Topliss-reactive ketones (excluding diaryl/α,β-unsaturated/α-hetero) is 1. The second-order valence-corrected chi connectivity index (χ2v) is 9.22. The number of ketones is 1. The van der Waals surface area contributed by atoms with Gasteiger partial charge in [-0.3, -0.25) is 9.59 Å². The van der Waals surface area contributed by atoms with Crippen LogP contribution in [0.15, 0.2) is 60.3 Å². The summed E-state index contributed by atoms with van der Waals surface area (Å²) in [5, 5.41) is 12.2. The Balaban J connectivity index is 1.77. The Bertz CT molecular complexity index is 1210. The number of aromatic amines is 1. The number of para-hydroxylation sites is 1. The molecule has 1 fully saturated rings. The first-order valence-corrected chi connectivity index (χ1v) is 12.0. The lowest BCUT2D eigenvalue weighted by Gasteiger charge is -2.25. The molecule has 178 valence electrons. The normalized spacial score (nSPS) is 17.8. The molecule has 1 saturated heterocycles. The average Bonchev–Trinajstić information content (AvgIpc) is 3.37. The van der Waals surface area contributed by atoms with Gasteiger partial charge in [0.1, 0.15) is 11.5 Å². The number of aliphatic hydroxyl groups is 1. The minimum atomic E-state index is -0.649. The van der Waals surface area contributed by atoms with Gasteiger partial charge in [-0.05, 0) is 42.7 Å². The van der Waals surface area contributed by atoms with Gasteiger partial charge in [-0.25, -0.2) is 0 Å². The van der Waals surface area contributed by atoms with Gasteiger partial charge in [0, 0.05) is 34.8 Å². The lowest BCUT2D eigenvalue weighted by Crippen LogP contribution is -2.30. The third-order valence-electron chi connectivity index (χ3n) is 6.17. The number of likely N-dealkylation sites (tertiary alicyclic amines) is 1. The summed E-state index contributed by atoms with van der Waals surface area (Å²) in [6.45, 7) is 7.30. The summed E-state index contributed by atoms with van der Waals surface area (Å²) in [5.41, 5.74) is 2.34. The molecule has 2 N–H and O–H groups in total. The molecule has 0 saturated carbocycles. The number of H-pyrrole nitrogens is 1. The van der Waals surface area contributed by atoms with Crippen molar-refractivity contribution < 1.29 is 19.4 Å². The predicted molar refractivity (Wildman–Crippen MR) is 134 cm³/mol. The number of amides is 1. The number of rotatable bonds is 9. The van der Waals surface area contributed by atoms with Crippen LogP contribution in [0.25, 0.3) is 16.7 Å². The molecule has 0 spiro atoms. The minimum Gasteiger partial charge on any atom is -0.507 e. The summed E-state index contributed by atoms with van der Waals surface area (Å²) in [4.78, 5) is 31.1. The first-order valence-electron chi connectivity index (χ1n) is 12.0. The van der Waals surface area contributed by atoms with E-state index in [9.17, 15) is 14.7 Å². The maximum atomic E-state index is 13.2. The quantitative estimate of drug-likeness (QED) is 0.183. The first kappa shape index (κ1) is 23.6. The van der Waals surface area contributed by atoms with Gasteiger partial charge in [-0.2, -0.15) is 0 Å². The topological polar surface area (TPSA) is 82.6 Å². The van der Waals surface area contributed by atoms with Gasteiger partial charge in [0.2, 0.25) is 0 Å². The van der Waals surface area contributed by atoms with Crippen LogP contribution in [-0.4, -0.2) is 39.8 Å². The molecule has 4 rings (SSSR count). The second-order valence-electron chi connectivity index (χ2n) is 9.22. The van der Waals surface area contributed by atoms with Crippen LogP contribution in [-0.2, 0) is 9.59 Å². The highest BCUT2D eigenvalue weighted by atomic mass is 16.5. The van der Waals surface area contributed by atoms with Crippen molar-refractivity contribution in [2.75, 3.05) is 13.2 Å². The summed E-state index contributed by atoms with van der Waals surface area (Å²) in [7, 11) is 0. The Labute approximate surface area is 200 Å². The van der Waals surface area contributed by atoms with Crippen LogP contribution >= 0.6 is 0 Å². The van der Waals surface area contributed by atoms with Crippen molar-refractivity contribution in [1.29, 1.82) is 0 Å². The monoisotopic (exact) mass is 460 g/mol. The number of unbranched alkanes of at least 4 members (excludes halogenated alkanes) is 2. The lowest BCUT2D eigenvalue weighted by molar-refractivity contribution is -0.139. The molecule has 1 unspecified atom stereocenters. The van der Waals surface area contributed by atoms with Gasteiger partial charge in [0.05, 0.1) is 18.2 Å². The Kier molecular flexibility index (Phi) is 7.06. The van der Waals surface area contributed by atoms with E-state index in [0.29, 0.717) is 30.4 Å². The van der Waals surface area contributed by atoms with Crippen molar-refractivity contribution >= 4 is 28.4 Å². The van der Waals surface area contributed by atoms with Crippen LogP contribution in [0, 0.1) is 5.92 Å². The second kappa shape index (κ2) is 10.2. The number of aliphatic hydroxyl groups excluding tert-OH is 1. The van der Waals surface area contributed by atoms with Gasteiger partial charge in [-0.15, -0.1) is 0 Å². The lowest BCUT2D eigenvalue weighted by atomic mass is 9.95. The fourth-order valence-electron chi connectivity index (χ4n) is 4.41. The maximum absolute atomic E-state index is 13.2. The molecule has 1 aliphatic rings. The van der Waals surface area contributed by atoms with Crippen molar-refractivity contribution in [3.05, 3.63) is 71.4 Å². The van der Waals surface area contributed by atoms with Crippen LogP contribution in [0.3, 0.4) is 0 Å². The number of hydrogen-bond donors (Lipinski definition) is 2. The van der Waals surface area contributed by atoms with Crippen LogP contribution in [0.1, 0.15) is 57.2 Å². The number of nitrogens with zero attached hydrogens (tertiary/aromatic N) is 1. The van der Waals surface area contributed by atoms with Gasteiger partial charge >= 0.3 is 0 Å². The van der Waals surface area contributed by atoms with E-state index >= 15 is 0 Å². The molecule has 34 heavy (non-hydrogen) atoms.